The molecule has 0 bridgehead atoms. The first-order valence-electron chi connectivity index (χ1n) is 9.53. The number of phenols is 3. The third kappa shape index (κ3) is 3.98. The van der Waals surface area contributed by atoms with E-state index in [1.54, 1.807) is 0 Å². The Kier molecular flexibility index (Phi) is 5.49. The molecule has 12 nitrogen and oxygen atoms in total. The summed E-state index contributed by atoms with van der Waals surface area (Å²) in [5.74, 6) is -4.50. The first-order valence-corrected chi connectivity index (χ1v) is 9.53. The molecule has 12 heteroatoms. The topological polar surface area (TPSA) is 207 Å². The number of fused-ring (bicyclic) bond motifs is 1. The molecule has 3 aromatic rings. The Balaban J connectivity index is 1.74. The normalized spacial score (nSPS) is 22.8. The van der Waals surface area contributed by atoms with Gasteiger partial charge in [-0.05, 0) is 18.2 Å². The molecular formula is C21H18O12. The Morgan fingerprint density at radius 2 is 1.73 bits per heavy atom. The molecule has 0 aliphatic carbocycles. The highest BCUT2D eigenvalue weighted by Crippen LogP contribution is 2.39. The summed E-state index contributed by atoms with van der Waals surface area (Å²) in [7, 11) is 0. The summed E-state index contributed by atoms with van der Waals surface area (Å²) in [6.45, 7) is 0. The lowest BCUT2D eigenvalue weighted by Crippen LogP contribution is -2.52. The van der Waals surface area contributed by atoms with E-state index < -0.39 is 59.0 Å². The third-order valence-electron chi connectivity index (χ3n) is 5.07. The van der Waals surface area contributed by atoms with Crippen molar-refractivity contribution >= 4 is 16.9 Å². The zero-order valence-electron chi connectivity index (χ0n) is 16.6. The molecular weight excluding hydrogens is 444 g/mol. The van der Waals surface area contributed by atoms with Crippen molar-refractivity contribution in [1.29, 1.82) is 0 Å². The Hall–Kier alpha value is -4.00. The molecule has 0 spiro atoms. The maximum Gasteiger partial charge on any atom is 0.335 e. The monoisotopic (exact) mass is 462 g/mol. The number of aliphatic hydroxyl groups excluding tert-OH is 2. The molecule has 0 saturated carbocycles. The number of carboxylic acids is 1. The number of hydrogen-bond donors (Lipinski definition) is 7. The van der Waals surface area contributed by atoms with Crippen molar-refractivity contribution in [2.24, 2.45) is 0 Å². The van der Waals surface area contributed by atoms with Crippen LogP contribution in [0.1, 0.15) is 6.42 Å². The fourth-order valence-electron chi connectivity index (χ4n) is 3.48. The number of aromatic hydroxyl groups is 4. The van der Waals surface area contributed by atoms with Crippen molar-refractivity contribution in [3.8, 4) is 40.1 Å². The summed E-state index contributed by atoms with van der Waals surface area (Å²) in [6.07, 6.45) is -6.52. The van der Waals surface area contributed by atoms with Gasteiger partial charge in [0.1, 0.15) is 28.6 Å². The van der Waals surface area contributed by atoms with Crippen molar-refractivity contribution in [3.05, 3.63) is 40.6 Å². The van der Waals surface area contributed by atoms with Gasteiger partial charge in [-0.15, -0.1) is 0 Å². The third-order valence-corrected chi connectivity index (χ3v) is 5.07. The number of phenolic OH excluding ortho intramolecular Hbond substituents is 3. The minimum absolute atomic E-state index is 0.0160. The molecule has 1 aliphatic heterocycles. The van der Waals surface area contributed by atoms with Crippen LogP contribution in [0.4, 0.5) is 0 Å². The fourth-order valence-corrected chi connectivity index (χ4v) is 3.48. The Bertz CT molecular complexity index is 1300. The number of hydrogen-bond acceptors (Lipinski definition) is 11. The van der Waals surface area contributed by atoms with Gasteiger partial charge in [-0.2, -0.15) is 0 Å². The summed E-state index contributed by atoms with van der Waals surface area (Å²) in [5, 5.41) is 68.7. The second-order valence-corrected chi connectivity index (χ2v) is 7.38. The molecule has 2 aromatic carbocycles. The second kappa shape index (κ2) is 8.16. The zero-order chi connectivity index (χ0) is 24.0. The van der Waals surface area contributed by atoms with Gasteiger partial charge in [0.15, 0.2) is 23.4 Å². The molecule has 7 N–H and O–H groups in total. The largest absolute Gasteiger partial charge is 0.508 e. The van der Waals surface area contributed by atoms with Gasteiger partial charge >= 0.3 is 5.97 Å². The molecule has 1 unspecified atom stereocenters. The van der Waals surface area contributed by atoms with Crippen LogP contribution in [-0.4, -0.2) is 66.3 Å². The van der Waals surface area contributed by atoms with E-state index in [0.29, 0.717) is 0 Å². The molecule has 174 valence electrons. The SMILES string of the molecule is O=C(O)[C@H]1OC(Oc2cc(-c3oc4cc(O)cc(O)c4c(=O)c3O)ccc2O)[C@H](O)C[C@@H]1O. The van der Waals surface area contributed by atoms with Crippen LogP contribution < -0.4 is 10.2 Å². The number of rotatable bonds is 4. The molecule has 1 saturated heterocycles. The predicted molar refractivity (Wildman–Crippen MR) is 108 cm³/mol. The van der Waals surface area contributed by atoms with Crippen molar-refractivity contribution in [3.63, 3.8) is 0 Å². The summed E-state index contributed by atoms with van der Waals surface area (Å²) in [6, 6.07) is 5.46. The van der Waals surface area contributed by atoms with Crippen molar-refractivity contribution < 1.29 is 54.4 Å². The number of carbonyl (C=O) groups is 1. The highest BCUT2D eigenvalue weighted by Gasteiger charge is 2.41. The van der Waals surface area contributed by atoms with E-state index in [-0.39, 0.29) is 34.5 Å². The molecule has 33 heavy (non-hydrogen) atoms. The van der Waals surface area contributed by atoms with E-state index in [1.807, 2.05) is 0 Å². The molecule has 0 amide bonds. The molecule has 0 radical (unpaired) electrons. The van der Waals surface area contributed by atoms with Crippen LogP contribution in [-0.2, 0) is 9.53 Å². The zero-order valence-corrected chi connectivity index (χ0v) is 16.6. The van der Waals surface area contributed by atoms with Crippen LogP contribution in [0, 0.1) is 0 Å². The maximum absolute atomic E-state index is 12.5. The molecule has 4 rings (SSSR count). The minimum atomic E-state index is -1.67. The lowest BCUT2D eigenvalue weighted by Gasteiger charge is -2.35. The molecule has 1 aromatic heterocycles. The van der Waals surface area contributed by atoms with Crippen LogP contribution in [0.3, 0.4) is 0 Å². The first kappa shape index (κ1) is 22.2. The van der Waals surface area contributed by atoms with Gasteiger partial charge < -0.3 is 49.6 Å². The van der Waals surface area contributed by atoms with Crippen LogP contribution in [0.25, 0.3) is 22.3 Å². The van der Waals surface area contributed by atoms with Crippen molar-refractivity contribution in [2.45, 2.75) is 31.0 Å². The summed E-state index contributed by atoms with van der Waals surface area (Å²) in [4.78, 5) is 23.8. The van der Waals surface area contributed by atoms with Gasteiger partial charge in [0, 0.05) is 24.1 Å². The highest BCUT2D eigenvalue weighted by molar-refractivity contribution is 5.88. The second-order valence-electron chi connectivity index (χ2n) is 7.38. The molecule has 1 fully saturated rings. The van der Waals surface area contributed by atoms with Crippen LogP contribution >= 0.6 is 0 Å². The number of benzene rings is 2. The maximum atomic E-state index is 12.5. The number of aliphatic carboxylic acids is 1. The summed E-state index contributed by atoms with van der Waals surface area (Å²) < 4.78 is 16.0. The predicted octanol–water partition coefficient (Wildman–Crippen LogP) is 0.583. The lowest BCUT2D eigenvalue weighted by molar-refractivity contribution is -0.237. The summed E-state index contributed by atoms with van der Waals surface area (Å²) in [5.41, 5.74) is -1.20. The smallest absolute Gasteiger partial charge is 0.335 e. The van der Waals surface area contributed by atoms with Crippen LogP contribution in [0.2, 0.25) is 0 Å². The Morgan fingerprint density at radius 1 is 1.00 bits per heavy atom. The van der Waals surface area contributed by atoms with E-state index in [0.717, 1.165) is 24.3 Å². The average Bonchev–Trinajstić information content (AvgIpc) is 2.73. The van der Waals surface area contributed by atoms with Gasteiger partial charge in [0.2, 0.25) is 17.5 Å². The first-order chi connectivity index (χ1) is 15.6. The fraction of sp³-hybridized carbons (Fsp3) is 0.238. The number of carboxylic acid groups (broad SMARTS) is 1. The van der Waals surface area contributed by atoms with Gasteiger partial charge in [-0.3, -0.25) is 4.79 Å². The van der Waals surface area contributed by atoms with Crippen LogP contribution in [0.5, 0.6) is 28.7 Å². The molecule has 1 aliphatic rings. The van der Waals surface area contributed by atoms with Gasteiger partial charge in [0.25, 0.3) is 0 Å². The standard InChI is InChI=1S/C21H18O12/c22-8-4-10(24)15-14(5-8)31-18(17(28)16(15)27)7-1-2-9(23)13(3-7)32-21-12(26)6-11(25)19(33-21)20(29)30/h1-5,11-12,19,21-26,28H,6H2,(H,29,30)/t11-,12+,19-,21?/m0/s1. The van der Waals surface area contributed by atoms with Crippen LogP contribution in [0.15, 0.2) is 39.5 Å². The molecule has 2 heterocycles. The minimum Gasteiger partial charge on any atom is -0.508 e. The van der Waals surface area contributed by atoms with Gasteiger partial charge in [-0.25, -0.2) is 4.79 Å². The highest BCUT2D eigenvalue weighted by atomic mass is 16.7. The van der Waals surface area contributed by atoms with Crippen molar-refractivity contribution in [1.82, 2.24) is 0 Å². The number of ether oxygens (including phenoxy) is 2. The van der Waals surface area contributed by atoms with E-state index in [4.69, 9.17) is 19.0 Å². The van der Waals surface area contributed by atoms with Crippen molar-refractivity contribution in [2.75, 3.05) is 0 Å². The Morgan fingerprint density at radius 3 is 2.42 bits per heavy atom. The quantitative estimate of drug-likeness (QED) is 0.284. The van der Waals surface area contributed by atoms with Gasteiger partial charge in [0.05, 0.1) is 6.10 Å². The lowest BCUT2D eigenvalue weighted by atomic mass is 10.0. The average molecular weight is 462 g/mol. The molecule has 4 atom stereocenters. The van der Waals surface area contributed by atoms with E-state index >= 15 is 0 Å². The van der Waals surface area contributed by atoms with E-state index in [1.165, 1.54) is 6.07 Å². The summed E-state index contributed by atoms with van der Waals surface area (Å²) >= 11 is 0. The Labute approximate surface area is 183 Å². The van der Waals surface area contributed by atoms with Gasteiger partial charge in [-0.1, -0.05) is 0 Å². The van der Waals surface area contributed by atoms with E-state index in [9.17, 15) is 40.2 Å². The van der Waals surface area contributed by atoms with E-state index in [2.05, 4.69) is 0 Å². The number of aliphatic hydroxyl groups is 2.